The van der Waals surface area contributed by atoms with Gasteiger partial charge in [0, 0.05) is 38.1 Å². The molecular formula is C17H25N5O2. The Morgan fingerprint density at radius 1 is 1.29 bits per heavy atom. The summed E-state index contributed by atoms with van der Waals surface area (Å²) in [5.74, 6) is 2.50. The lowest BCUT2D eigenvalue weighted by Crippen LogP contribution is -2.37. The smallest absolute Gasteiger partial charge is 0.140 e. The standard InChI is InChI=1S/C17H25N5O2/c1-2-22-16(18-13-19-22)9-21-7-14-6-20(8-15-4-3-5-24-15)10-17(14,11-21)12-23/h3-5,13-14,23H,2,6-12H2,1H3. The number of hydrogen-bond acceptors (Lipinski definition) is 6. The minimum Gasteiger partial charge on any atom is -0.468 e. The average molecular weight is 331 g/mol. The van der Waals surface area contributed by atoms with Crippen molar-refractivity contribution in [2.75, 3.05) is 32.8 Å². The average Bonchev–Trinajstić information content (AvgIpc) is 3.32. The van der Waals surface area contributed by atoms with E-state index in [1.54, 1.807) is 12.6 Å². The van der Waals surface area contributed by atoms with E-state index in [1.165, 1.54) is 0 Å². The number of aryl methyl sites for hydroxylation is 1. The van der Waals surface area contributed by atoms with Crippen LogP contribution in [0.4, 0.5) is 0 Å². The molecular weight excluding hydrogens is 306 g/mol. The lowest BCUT2D eigenvalue weighted by atomic mass is 9.82. The summed E-state index contributed by atoms with van der Waals surface area (Å²) in [6, 6.07) is 3.95. The van der Waals surface area contributed by atoms with Crippen molar-refractivity contribution >= 4 is 0 Å². The molecule has 0 amide bonds. The second-order valence-electron chi connectivity index (χ2n) is 7.13. The van der Waals surface area contributed by atoms with E-state index in [-0.39, 0.29) is 12.0 Å². The van der Waals surface area contributed by atoms with Crippen LogP contribution in [0.25, 0.3) is 0 Å². The molecule has 4 rings (SSSR count). The minimum atomic E-state index is -0.0241. The molecule has 2 unspecified atom stereocenters. The molecule has 0 spiro atoms. The largest absolute Gasteiger partial charge is 0.468 e. The third kappa shape index (κ3) is 2.76. The topological polar surface area (TPSA) is 70.6 Å². The summed E-state index contributed by atoms with van der Waals surface area (Å²) in [6.07, 6.45) is 3.35. The van der Waals surface area contributed by atoms with Crippen LogP contribution in [0, 0.1) is 11.3 Å². The fourth-order valence-corrected chi connectivity index (χ4v) is 4.36. The molecule has 2 aliphatic heterocycles. The van der Waals surface area contributed by atoms with Gasteiger partial charge in [0.2, 0.25) is 0 Å². The van der Waals surface area contributed by atoms with Gasteiger partial charge >= 0.3 is 0 Å². The van der Waals surface area contributed by atoms with Crippen molar-refractivity contribution < 1.29 is 9.52 Å². The van der Waals surface area contributed by atoms with Crippen LogP contribution in [-0.4, -0.2) is 62.5 Å². The number of likely N-dealkylation sites (tertiary alicyclic amines) is 2. The summed E-state index contributed by atoms with van der Waals surface area (Å²) >= 11 is 0. The summed E-state index contributed by atoms with van der Waals surface area (Å²) in [5, 5.41) is 14.4. The van der Waals surface area contributed by atoms with Gasteiger partial charge in [-0.25, -0.2) is 9.67 Å². The van der Waals surface area contributed by atoms with Gasteiger partial charge in [-0.3, -0.25) is 9.80 Å². The Morgan fingerprint density at radius 2 is 2.08 bits per heavy atom. The first kappa shape index (κ1) is 15.8. The van der Waals surface area contributed by atoms with E-state index in [4.69, 9.17) is 4.42 Å². The van der Waals surface area contributed by atoms with Gasteiger partial charge in [-0.1, -0.05) is 0 Å². The lowest BCUT2D eigenvalue weighted by molar-refractivity contribution is 0.108. The predicted octanol–water partition coefficient (Wildman–Crippen LogP) is 0.817. The lowest BCUT2D eigenvalue weighted by Gasteiger charge is -2.27. The van der Waals surface area contributed by atoms with E-state index in [2.05, 4.69) is 26.8 Å². The fourth-order valence-electron chi connectivity index (χ4n) is 4.36. The first-order chi connectivity index (χ1) is 11.7. The van der Waals surface area contributed by atoms with Gasteiger partial charge in [0.1, 0.15) is 17.9 Å². The highest BCUT2D eigenvalue weighted by atomic mass is 16.3. The van der Waals surface area contributed by atoms with Gasteiger partial charge in [0.15, 0.2) is 0 Å². The molecule has 130 valence electrons. The van der Waals surface area contributed by atoms with Crippen molar-refractivity contribution in [2.45, 2.75) is 26.6 Å². The molecule has 0 saturated carbocycles. The second-order valence-corrected chi connectivity index (χ2v) is 7.13. The molecule has 2 aromatic heterocycles. The summed E-state index contributed by atoms with van der Waals surface area (Å²) in [7, 11) is 0. The van der Waals surface area contributed by atoms with Crippen molar-refractivity contribution in [1.29, 1.82) is 0 Å². The molecule has 7 heteroatoms. The Hall–Kier alpha value is -1.70. The predicted molar refractivity (Wildman–Crippen MR) is 88.0 cm³/mol. The maximum Gasteiger partial charge on any atom is 0.140 e. The van der Waals surface area contributed by atoms with E-state index in [9.17, 15) is 5.11 Å². The van der Waals surface area contributed by atoms with E-state index >= 15 is 0 Å². The summed E-state index contributed by atoms with van der Waals surface area (Å²) in [4.78, 5) is 9.21. The van der Waals surface area contributed by atoms with Gasteiger partial charge in [-0.15, -0.1) is 0 Å². The molecule has 0 aliphatic carbocycles. The molecule has 24 heavy (non-hydrogen) atoms. The zero-order valence-corrected chi connectivity index (χ0v) is 14.1. The molecule has 2 atom stereocenters. The third-order valence-corrected chi connectivity index (χ3v) is 5.53. The third-order valence-electron chi connectivity index (χ3n) is 5.53. The van der Waals surface area contributed by atoms with E-state index < -0.39 is 0 Å². The fraction of sp³-hybridized carbons (Fsp3) is 0.647. The van der Waals surface area contributed by atoms with Crippen molar-refractivity contribution in [2.24, 2.45) is 11.3 Å². The van der Waals surface area contributed by atoms with E-state index in [0.29, 0.717) is 5.92 Å². The number of hydrogen-bond donors (Lipinski definition) is 1. The Kier molecular flexibility index (Phi) is 4.15. The van der Waals surface area contributed by atoms with Crippen LogP contribution >= 0.6 is 0 Å². The van der Waals surface area contributed by atoms with Crippen LogP contribution in [0.5, 0.6) is 0 Å². The number of aromatic nitrogens is 3. The first-order valence-corrected chi connectivity index (χ1v) is 8.67. The molecule has 1 N–H and O–H groups in total. The quantitative estimate of drug-likeness (QED) is 0.845. The van der Waals surface area contributed by atoms with Gasteiger partial charge in [-0.05, 0) is 25.0 Å². The molecule has 7 nitrogen and oxygen atoms in total. The number of rotatable bonds is 6. The highest BCUT2D eigenvalue weighted by Gasteiger charge is 2.52. The number of aliphatic hydroxyl groups is 1. The molecule has 0 aromatic carbocycles. The summed E-state index contributed by atoms with van der Waals surface area (Å²) < 4.78 is 7.42. The maximum atomic E-state index is 10.1. The van der Waals surface area contributed by atoms with E-state index in [0.717, 1.165) is 57.4 Å². The summed E-state index contributed by atoms with van der Waals surface area (Å²) in [6.45, 7) is 8.66. The van der Waals surface area contributed by atoms with Gasteiger partial charge in [0.25, 0.3) is 0 Å². The molecule has 2 saturated heterocycles. The molecule has 0 bridgehead atoms. The SMILES string of the molecule is CCn1ncnc1CN1CC2CN(Cc3ccco3)CC2(CO)C1. The highest BCUT2D eigenvalue weighted by Crippen LogP contribution is 2.42. The molecule has 2 fully saturated rings. The van der Waals surface area contributed by atoms with Crippen LogP contribution in [0.15, 0.2) is 29.1 Å². The van der Waals surface area contributed by atoms with Crippen molar-refractivity contribution in [3.63, 3.8) is 0 Å². The monoisotopic (exact) mass is 331 g/mol. The minimum absolute atomic E-state index is 0.0241. The number of aliphatic hydroxyl groups excluding tert-OH is 1. The molecule has 2 aliphatic rings. The molecule has 0 radical (unpaired) electrons. The number of nitrogens with zero attached hydrogens (tertiary/aromatic N) is 5. The Bertz CT molecular complexity index is 670. The summed E-state index contributed by atoms with van der Waals surface area (Å²) in [5.41, 5.74) is -0.0241. The molecule has 2 aromatic rings. The van der Waals surface area contributed by atoms with Crippen LogP contribution < -0.4 is 0 Å². The van der Waals surface area contributed by atoms with Crippen molar-refractivity contribution in [1.82, 2.24) is 24.6 Å². The van der Waals surface area contributed by atoms with Gasteiger partial charge in [0.05, 0.1) is 26.0 Å². The Labute approximate surface area is 141 Å². The van der Waals surface area contributed by atoms with Crippen LogP contribution in [-0.2, 0) is 19.6 Å². The number of furan rings is 1. The van der Waals surface area contributed by atoms with Crippen molar-refractivity contribution in [3.05, 3.63) is 36.3 Å². The zero-order valence-electron chi connectivity index (χ0n) is 14.1. The van der Waals surface area contributed by atoms with E-state index in [1.807, 2.05) is 16.8 Å². The maximum absolute atomic E-state index is 10.1. The molecule has 4 heterocycles. The first-order valence-electron chi connectivity index (χ1n) is 8.67. The van der Waals surface area contributed by atoms with Crippen LogP contribution in [0.3, 0.4) is 0 Å². The zero-order chi connectivity index (χ0) is 16.6. The van der Waals surface area contributed by atoms with Gasteiger partial charge < -0.3 is 9.52 Å². The van der Waals surface area contributed by atoms with Crippen molar-refractivity contribution in [3.8, 4) is 0 Å². The van der Waals surface area contributed by atoms with Crippen LogP contribution in [0.1, 0.15) is 18.5 Å². The Morgan fingerprint density at radius 3 is 2.71 bits per heavy atom. The highest BCUT2D eigenvalue weighted by molar-refractivity contribution is 5.07. The normalized spacial score (nSPS) is 27.8. The number of fused-ring (bicyclic) bond motifs is 1. The Balaban J connectivity index is 1.41. The van der Waals surface area contributed by atoms with Crippen LogP contribution in [0.2, 0.25) is 0 Å². The second kappa shape index (κ2) is 6.31. The van der Waals surface area contributed by atoms with Gasteiger partial charge in [-0.2, -0.15) is 5.10 Å².